The van der Waals surface area contributed by atoms with Crippen molar-refractivity contribution in [2.45, 2.75) is 59.0 Å². The smallest absolute Gasteiger partial charge is 0.184 e. The Morgan fingerprint density at radius 3 is 2.61 bits per heavy atom. The topological polar surface area (TPSA) is 57.5 Å². The third kappa shape index (κ3) is 2.27. The molecule has 0 aliphatic heterocycles. The van der Waals surface area contributed by atoms with E-state index < -0.39 is 11.5 Å². The average molecular weight is 318 g/mol. The molecule has 1 unspecified atom stereocenters. The van der Waals surface area contributed by atoms with Crippen molar-refractivity contribution in [2.24, 2.45) is 28.1 Å². The van der Waals surface area contributed by atoms with E-state index in [-0.39, 0.29) is 29.1 Å². The third-order valence-corrected chi connectivity index (χ3v) is 7.49. The van der Waals surface area contributed by atoms with Gasteiger partial charge in [-0.2, -0.15) is 0 Å². The van der Waals surface area contributed by atoms with Crippen molar-refractivity contribution < 1.29 is 15.0 Å². The first-order chi connectivity index (χ1) is 10.7. The van der Waals surface area contributed by atoms with Crippen LogP contribution in [-0.2, 0) is 4.79 Å². The van der Waals surface area contributed by atoms with Crippen LogP contribution in [0.3, 0.4) is 0 Å². The maximum absolute atomic E-state index is 12.4. The van der Waals surface area contributed by atoms with Gasteiger partial charge in [-0.05, 0) is 60.8 Å². The number of rotatable bonds is 2. The van der Waals surface area contributed by atoms with Crippen molar-refractivity contribution in [2.75, 3.05) is 6.61 Å². The molecular weight excluding hydrogens is 288 g/mol. The zero-order valence-electron chi connectivity index (χ0n) is 14.6. The highest BCUT2D eigenvalue weighted by Crippen LogP contribution is 2.63. The van der Waals surface area contributed by atoms with E-state index in [0.717, 1.165) is 32.1 Å². The predicted molar refractivity (Wildman–Crippen MR) is 90.8 cm³/mol. The molecule has 0 amide bonds. The Bertz CT molecular complexity index is 565. The fourth-order valence-corrected chi connectivity index (χ4v) is 5.44. The molecule has 2 N–H and O–H groups in total. The Labute approximate surface area is 139 Å². The Balaban J connectivity index is 2.02. The van der Waals surface area contributed by atoms with Gasteiger partial charge in [0.25, 0.3) is 0 Å². The van der Waals surface area contributed by atoms with Gasteiger partial charge in [-0.3, -0.25) is 4.79 Å². The molecule has 0 aromatic rings. The summed E-state index contributed by atoms with van der Waals surface area (Å²) in [5.41, 5.74) is 0.647. The molecule has 0 aromatic heterocycles. The van der Waals surface area contributed by atoms with E-state index in [1.807, 2.05) is 6.92 Å². The summed E-state index contributed by atoms with van der Waals surface area (Å²) in [6.07, 6.45) is 8.02. The van der Waals surface area contributed by atoms with Crippen LogP contribution in [-0.4, -0.2) is 28.7 Å². The van der Waals surface area contributed by atoms with Crippen LogP contribution < -0.4 is 0 Å². The molecule has 3 heteroatoms. The molecule has 3 nitrogen and oxygen atoms in total. The summed E-state index contributed by atoms with van der Waals surface area (Å²) < 4.78 is 0. The minimum atomic E-state index is -1.08. The fraction of sp³-hybridized carbons (Fsp3) is 0.750. The lowest BCUT2D eigenvalue weighted by molar-refractivity contribution is -0.139. The predicted octanol–water partition coefficient (Wildman–Crippen LogP) is 3.26. The molecule has 128 valence electrons. The molecule has 0 heterocycles. The Kier molecular flexibility index (Phi) is 3.89. The number of aliphatic hydroxyl groups is 2. The van der Waals surface area contributed by atoms with Gasteiger partial charge in [-0.25, -0.2) is 0 Å². The first kappa shape index (κ1) is 16.9. The monoisotopic (exact) mass is 318 g/mol. The second-order valence-electron chi connectivity index (χ2n) is 8.88. The van der Waals surface area contributed by atoms with Crippen LogP contribution in [0.25, 0.3) is 0 Å². The van der Waals surface area contributed by atoms with Crippen molar-refractivity contribution in [3.63, 3.8) is 0 Å². The fourth-order valence-electron chi connectivity index (χ4n) is 5.44. The first-order valence-corrected chi connectivity index (χ1v) is 8.89. The number of aliphatic hydroxyl groups excluding tert-OH is 2. The van der Waals surface area contributed by atoms with Gasteiger partial charge in [0, 0.05) is 5.41 Å². The van der Waals surface area contributed by atoms with Crippen LogP contribution in [0.5, 0.6) is 0 Å². The number of fused-ring (bicyclic) bond motifs is 3. The summed E-state index contributed by atoms with van der Waals surface area (Å²) in [6, 6.07) is 0. The lowest BCUT2D eigenvalue weighted by Gasteiger charge is -2.58. The second kappa shape index (κ2) is 5.29. The van der Waals surface area contributed by atoms with Crippen LogP contribution in [0.2, 0.25) is 0 Å². The number of allylic oxidation sites excluding steroid dienone is 2. The van der Waals surface area contributed by atoms with Crippen LogP contribution in [0, 0.1) is 28.1 Å². The van der Waals surface area contributed by atoms with E-state index >= 15 is 0 Å². The molecule has 23 heavy (non-hydrogen) atoms. The van der Waals surface area contributed by atoms with Crippen molar-refractivity contribution in [3.8, 4) is 0 Å². The zero-order valence-corrected chi connectivity index (χ0v) is 14.6. The van der Waals surface area contributed by atoms with E-state index in [1.54, 1.807) is 6.08 Å². The minimum Gasteiger partial charge on any atom is -0.396 e. The summed E-state index contributed by atoms with van der Waals surface area (Å²) >= 11 is 0. The summed E-state index contributed by atoms with van der Waals surface area (Å²) in [4.78, 5) is 12.4. The average Bonchev–Trinajstić information content (AvgIpc) is 2.54. The van der Waals surface area contributed by atoms with Gasteiger partial charge < -0.3 is 10.2 Å². The maximum atomic E-state index is 12.4. The molecule has 0 saturated heterocycles. The van der Waals surface area contributed by atoms with E-state index in [9.17, 15) is 15.0 Å². The first-order valence-electron chi connectivity index (χ1n) is 8.89. The van der Waals surface area contributed by atoms with E-state index in [1.165, 1.54) is 5.57 Å². The molecule has 3 aliphatic carbocycles. The summed E-state index contributed by atoms with van der Waals surface area (Å²) in [5, 5.41) is 20.3. The molecular formula is C20H30O3. The lowest BCUT2D eigenvalue weighted by Crippen LogP contribution is -2.56. The normalized spacial score (nSPS) is 49.9. The molecule has 3 rings (SSSR count). The van der Waals surface area contributed by atoms with Crippen LogP contribution in [0.4, 0.5) is 0 Å². The molecule has 6 atom stereocenters. The number of ketones is 1. The molecule has 3 aliphatic rings. The molecule has 0 spiro atoms. The van der Waals surface area contributed by atoms with Crippen molar-refractivity contribution in [1.82, 2.24) is 0 Å². The Hall–Kier alpha value is -0.930. The Morgan fingerprint density at radius 2 is 2.00 bits per heavy atom. The zero-order chi connectivity index (χ0) is 17.0. The number of hydrogen-bond acceptors (Lipinski definition) is 3. The molecule has 0 bridgehead atoms. The van der Waals surface area contributed by atoms with Crippen LogP contribution >= 0.6 is 0 Å². The van der Waals surface area contributed by atoms with Gasteiger partial charge in [-0.15, -0.1) is 6.58 Å². The third-order valence-electron chi connectivity index (χ3n) is 7.49. The molecule has 2 fully saturated rings. The largest absolute Gasteiger partial charge is 0.396 e. The van der Waals surface area contributed by atoms with E-state index in [0.29, 0.717) is 5.92 Å². The van der Waals surface area contributed by atoms with Gasteiger partial charge in [-0.1, -0.05) is 32.4 Å². The quantitative estimate of drug-likeness (QED) is 0.768. The second-order valence-corrected chi connectivity index (χ2v) is 8.88. The SMILES string of the molecule is C=C[C@]1(C)CC[C@@]2(C)C3=CC(=O)[C@H](O)C(C)(CO)[C@@H]3CC[C@@H]2C1. The van der Waals surface area contributed by atoms with Gasteiger partial charge >= 0.3 is 0 Å². The minimum absolute atomic E-state index is 0.0116. The molecule has 2 saturated carbocycles. The molecule has 0 radical (unpaired) electrons. The van der Waals surface area contributed by atoms with Gasteiger partial charge in [0.05, 0.1) is 6.61 Å². The standard InChI is InChI=1S/C20H30O3/c1-5-18(2)8-9-19(3)13(11-18)6-7-14-15(19)10-16(22)17(23)20(14,4)12-21/h5,10,13-14,17,21,23H,1,6-9,11-12H2,2-4H3/t13-,14-,17+,18-,19-,20?/m1/s1. The van der Waals surface area contributed by atoms with Crippen molar-refractivity contribution in [3.05, 3.63) is 24.3 Å². The van der Waals surface area contributed by atoms with E-state index in [2.05, 4.69) is 26.5 Å². The highest BCUT2D eigenvalue weighted by atomic mass is 16.3. The van der Waals surface area contributed by atoms with Crippen LogP contribution in [0.15, 0.2) is 24.3 Å². The van der Waals surface area contributed by atoms with Gasteiger partial charge in [0.2, 0.25) is 0 Å². The van der Waals surface area contributed by atoms with E-state index in [4.69, 9.17) is 0 Å². The summed E-state index contributed by atoms with van der Waals surface area (Å²) in [7, 11) is 0. The maximum Gasteiger partial charge on any atom is 0.184 e. The molecule has 0 aromatic carbocycles. The van der Waals surface area contributed by atoms with Crippen molar-refractivity contribution >= 4 is 5.78 Å². The number of carbonyl (C=O) groups excluding carboxylic acids is 1. The Morgan fingerprint density at radius 1 is 1.30 bits per heavy atom. The number of carbonyl (C=O) groups is 1. The van der Waals surface area contributed by atoms with Crippen molar-refractivity contribution in [1.29, 1.82) is 0 Å². The number of hydrogen-bond donors (Lipinski definition) is 2. The van der Waals surface area contributed by atoms with Gasteiger partial charge in [0.15, 0.2) is 5.78 Å². The highest BCUT2D eigenvalue weighted by molar-refractivity contribution is 5.96. The summed E-state index contributed by atoms with van der Waals surface area (Å²) in [6.45, 7) is 10.3. The van der Waals surface area contributed by atoms with Gasteiger partial charge in [0.1, 0.15) is 6.10 Å². The summed E-state index contributed by atoms with van der Waals surface area (Å²) in [5.74, 6) is 0.425. The highest BCUT2D eigenvalue weighted by Gasteiger charge is 2.57. The lowest BCUT2D eigenvalue weighted by atomic mass is 9.46. The van der Waals surface area contributed by atoms with Crippen LogP contribution in [0.1, 0.15) is 52.9 Å².